The highest BCUT2D eigenvalue weighted by Crippen LogP contribution is 2.18. The third-order valence-electron chi connectivity index (χ3n) is 2.43. The summed E-state index contributed by atoms with van der Waals surface area (Å²) >= 11 is 1.49. The largest absolute Gasteiger partial charge is 0.483 e. The first-order valence-corrected chi connectivity index (χ1v) is 6.67. The van der Waals surface area contributed by atoms with Gasteiger partial charge in [-0.2, -0.15) is 11.3 Å². The molecular weight excluding hydrogens is 278 g/mol. The van der Waals surface area contributed by atoms with Crippen LogP contribution in [0.15, 0.2) is 46.2 Å². The zero-order valence-electron chi connectivity index (χ0n) is 10.4. The van der Waals surface area contributed by atoms with E-state index in [-0.39, 0.29) is 18.3 Å². The van der Waals surface area contributed by atoms with Gasteiger partial charge in [-0.1, -0.05) is 17.3 Å². The van der Waals surface area contributed by atoms with Crippen molar-refractivity contribution in [2.75, 3.05) is 11.9 Å². The Kier molecular flexibility index (Phi) is 4.56. The molecule has 7 heteroatoms. The average molecular weight is 291 g/mol. The minimum Gasteiger partial charge on any atom is -0.483 e. The molecule has 0 radical (unpaired) electrons. The fourth-order valence-corrected chi connectivity index (χ4v) is 2.12. The molecule has 0 aliphatic rings. The summed E-state index contributed by atoms with van der Waals surface area (Å²) < 4.78 is 5.39. The zero-order valence-corrected chi connectivity index (χ0v) is 11.3. The zero-order chi connectivity index (χ0) is 14.4. The first-order chi connectivity index (χ1) is 9.70. The van der Waals surface area contributed by atoms with Gasteiger partial charge in [-0.05, 0) is 23.6 Å². The standard InChI is InChI=1S/C13H13N3O3S/c14-13(16-18)10-3-1-2-4-11(10)19-7-12(17)15-9-5-6-20-8-9/h1-6,8,18H,7H2,(H2,14,16)(H,15,17). The molecule has 2 aromatic rings. The van der Waals surface area contributed by atoms with Crippen LogP contribution in [0.4, 0.5) is 5.69 Å². The monoisotopic (exact) mass is 291 g/mol. The molecule has 104 valence electrons. The number of carbonyl (C=O) groups excluding carboxylic acids is 1. The molecule has 0 aliphatic carbocycles. The molecule has 0 bridgehead atoms. The Morgan fingerprint density at radius 1 is 1.40 bits per heavy atom. The SMILES string of the molecule is NC(=NO)c1ccccc1OCC(=O)Nc1ccsc1. The van der Waals surface area contributed by atoms with Crippen molar-refractivity contribution in [3.8, 4) is 5.75 Å². The number of rotatable bonds is 5. The number of amides is 1. The molecule has 1 aromatic heterocycles. The van der Waals surface area contributed by atoms with Crippen LogP contribution in [0.5, 0.6) is 5.75 Å². The van der Waals surface area contributed by atoms with Gasteiger partial charge < -0.3 is 21.0 Å². The number of anilines is 1. The molecular formula is C13H13N3O3S. The van der Waals surface area contributed by atoms with Crippen LogP contribution in [0.2, 0.25) is 0 Å². The lowest BCUT2D eigenvalue weighted by Crippen LogP contribution is -2.21. The van der Waals surface area contributed by atoms with E-state index in [9.17, 15) is 4.79 Å². The number of thiophene rings is 1. The number of carbonyl (C=O) groups is 1. The fourth-order valence-electron chi connectivity index (χ4n) is 1.53. The summed E-state index contributed by atoms with van der Waals surface area (Å²) in [6, 6.07) is 8.55. The maximum Gasteiger partial charge on any atom is 0.262 e. The molecule has 6 nitrogen and oxygen atoms in total. The van der Waals surface area contributed by atoms with Gasteiger partial charge in [0.2, 0.25) is 0 Å². The Morgan fingerprint density at radius 2 is 2.20 bits per heavy atom. The maximum atomic E-state index is 11.7. The third-order valence-corrected chi connectivity index (χ3v) is 3.12. The molecule has 0 atom stereocenters. The molecule has 2 rings (SSSR count). The summed E-state index contributed by atoms with van der Waals surface area (Å²) in [6.45, 7) is -0.161. The highest BCUT2D eigenvalue weighted by molar-refractivity contribution is 7.08. The van der Waals surface area contributed by atoms with Crippen LogP contribution in [0.3, 0.4) is 0 Å². The third kappa shape index (κ3) is 3.48. The van der Waals surface area contributed by atoms with Crippen LogP contribution in [-0.2, 0) is 4.79 Å². The second-order valence-corrected chi connectivity index (χ2v) is 4.61. The van der Waals surface area contributed by atoms with Crippen molar-refractivity contribution in [3.05, 3.63) is 46.7 Å². The lowest BCUT2D eigenvalue weighted by atomic mass is 10.2. The second-order valence-electron chi connectivity index (χ2n) is 3.83. The Balaban J connectivity index is 1.99. The van der Waals surface area contributed by atoms with E-state index in [0.717, 1.165) is 5.69 Å². The molecule has 4 N–H and O–H groups in total. The van der Waals surface area contributed by atoms with Gasteiger partial charge in [0.15, 0.2) is 12.4 Å². The van der Waals surface area contributed by atoms with Gasteiger partial charge in [-0.25, -0.2) is 0 Å². The Morgan fingerprint density at radius 3 is 2.90 bits per heavy atom. The van der Waals surface area contributed by atoms with Crippen molar-refractivity contribution in [1.29, 1.82) is 0 Å². The number of hydrogen-bond donors (Lipinski definition) is 3. The molecule has 0 aliphatic heterocycles. The van der Waals surface area contributed by atoms with Gasteiger partial charge >= 0.3 is 0 Å². The summed E-state index contributed by atoms with van der Waals surface area (Å²) in [5.74, 6) is 0.0276. The topological polar surface area (TPSA) is 96.9 Å². The summed E-state index contributed by atoms with van der Waals surface area (Å²) in [4.78, 5) is 11.7. The molecule has 1 heterocycles. The first kappa shape index (κ1) is 13.9. The number of hydrogen-bond acceptors (Lipinski definition) is 5. The first-order valence-electron chi connectivity index (χ1n) is 5.72. The van der Waals surface area contributed by atoms with Crippen molar-refractivity contribution in [2.24, 2.45) is 10.9 Å². The Bertz CT molecular complexity index is 611. The molecule has 0 fully saturated rings. The van der Waals surface area contributed by atoms with Crippen molar-refractivity contribution >= 4 is 28.8 Å². The molecule has 0 saturated carbocycles. The highest BCUT2D eigenvalue weighted by atomic mass is 32.1. The van der Waals surface area contributed by atoms with Crippen LogP contribution in [0, 0.1) is 0 Å². The predicted molar refractivity (Wildman–Crippen MR) is 77.4 cm³/mol. The predicted octanol–water partition coefficient (Wildman–Crippen LogP) is 1.86. The summed E-state index contributed by atoms with van der Waals surface area (Å²) in [7, 11) is 0. The van der Waals surface area contributed by atoms with Gasteiger partial charge in [0.25, 0.3) is 5.91 Å². The number of oxime groups is 1. The average Bonchev–Trinajstić information content (AvgIpc) is 2.97. The van der Waals surface area contributed by atoms with E-state index >= 15 is 0 Å². The Hall–Kier alpha value is -2.54. The van der Waals surface area contributed by atoms with Gasteiger partial charge in [0.05, 0.1) is 11.3 Å². The normalized spacial score (nSPS) is 11.1. The van der Waals surface area contributed by atoms with Gasteiger partial charge in [0.1, 0.15) is 5.75 Å². The van der Waals surface area contributed by atoms with Crippen molar-refractivity contribution in [2.45, 2.75) is 0 Å². The molecule has 0 spiro atoms. The smallest absolute Gasteiger partial charge is 0.262 e. The number of amidine groups is 1. The summed E-state index contributed by atoms with van der Waals surface area (Å²) in [5.41, 5.74) is 6.69. The molecule has 1 amide bonds. The minimum absolute atomic E-state index is 0.0705. The number of nitrogens with two attached hydrogens (primary N) is 1. The van der Waals surface area contributed by atoms with E-state index in [1.807, 2.05) is 10.8 Å². The van der Waals surface area contributed by atoms with Crippen LogP contribution < -0.4 is 15.8 Å². The van der Waals surface area contributed by atoms with E-state index in [2.05, 4.69) is 10.5 Å². The van der Waals surface area contributed by atoms with Crippen molar-refractivity contribution in [3.63, 3.8) is 0 Å². The minimum atomic E-state index is -0.280. The van der Waals surface area contributed by atoms with Gasteiger partial charge in [-0.15, -0.1) is 0 Å². The van der Waals surface area contributed by atoms with Crippen LogP contribution in [0.1, 0.15) is 5.56 Å². The summed E-state index contributed by atoms with van der Waals surface area (Å²) in [5, 5.41) is 18.0. The van der Waals surface area contributed by atoms with E-state index < -0.39 is 0 Å². The number of nitrogens with one attached hydrogen (secondary N) is 1. The van der Waals surface area contributed by atoms with Crippen LogP contribution in [0.25, 0.3) is 0 Å². The highest BCUT2D eigenvalue weighted by Gasteiger charge is 2.10. The van der Waals surface area contributed by atoms with E-state index in [4.69, 9.17) is 15.7 Å². The Labute approximate surface area is 119 Å². The van der Waals surface area contributed by atoms with E-state index in [1.165, 1.54) is 11.3 Å². The summed E-state index contributed by atoms with van der Waals surface area (Å²) in [6.07, 6.45) is 0. The van der Waals surface area contributed by atoms with E-state index in [0.29, 0.717) is 11.3 Å². The molecule has 0 unspecified atom stereocenters. The fraction of sp³-hybridized carbons (Fsp3) is 0.0769. The lowest BCUT2D eigenvalue weighted by Gasteiger charge is -2.10. The number of nitrogens with zero attached hydrogens (tertiary/aromatic N) is 1. The lowest BCUT2D eigenvalue weighted by molar-refractivity contribution is -0.118. The maximum absolute atomic E-state index is 11.7. The molecule has 20 heavy (non-hydrogen) atoms. The van der Waals surface area contributed by atoms with Crippen molar-refractivity contribution in [1.82, 2.24) is 0 Å². The van der Waals surface area contributed by atoms with Crippen LogP contribution >= 0.6 is 11.3 Å². The van der Waals surface area contributed by atoms with Gasteiger partial charge in [0, 0.05) is 5.38 Å². The van der Waals surface area contributed by atoms with Gasteiger partial charge in [-0.3, -0.25) is 4.79 Å². The van der Waals surface area contributed by atoms with Crippen LogP contribution in [-0.4, -0.2) is 23.6 Å². The number of para-hydroxylation sites is 1. The van der Waals surface area contributed by atoms with E-state index in [1.54, 1.807) is 30.3 Å². The quantitative estimate of drug-likeness (QED) is 0.339. The molecule has 0 saturated heterocycles. The molecule has 1 aromatic carbocycles. The number of ether oxygens (including phenoxy) is 1. The second kappa shape index (κ2) is 6.58. The number of benzene rings is 1. The van der Waals surface area contributed by atoms with Crippen molar-refractivity contribution < 1.29 is 14.7 Å².